The molecule has 1 amide bonds. The van der Waals surface area contributed by atoms with Crippen molar-refractivity contribution in [1.29, 1.82) is 0 Å². The average molecular weight is 453 g/mol. The van der Waals surface area contributed by atoms with Crippen LogP contribution in [0.1, 0.15) is 21.5 Å². The minimum atomic E-state index is -0.332. The number of nitrogens with one attached hydrogen (secondary N) is 1. The summed E-state index contributed by atoms with van der Waals surface area (Å²) in [5, 5.41) is 4.02. The van der Waals surface area contributed by atoms with Crippen molar-refractivity contribution in [3.63, 3.8) is 0 Å². The van der Waals surface area contributed by atoms with Crippen molar-refractivity contribution < 1.29 is 19.0 Å². The summed E-state index contributed by atoms with van der Waals surface area (Å²) >= 11 is 3.51. The van der Waals surface area contributed by atoms with E-state index in [0.717, 1.165) is 21.3 Å². The van der Waals surface area contributed by atoms with Gasteiger partial charge in [-0.2, -0.15) is 5.10 Å². The third kappa shape index (κ3) is 4.75. The van der Waals surface area contributed by atoms with Crippen LogP contribution in [-0.2, 0) is 6.61 Å². The maximum atomic E-state index is 12.2. The van der Waals surface area contributed by atoms with Gasteiger partial charge in [0, 0.05) is 5.56 Å². The van der Waals surface area contributed by atoms with Crippen LogP contribution in [0.2, 0.25) is 0 Å². The second-order valence-corrected chi connectivity index (χ2v) is 7.09. The SMILES string of the molecule is O=C(N/N=C\c1ccc(OCc2ccccc2)c(Br)c1)c1ccc2c(c1)OCO2. The molecular formula is C22H17BrN2O4. The first-order valence-corrected chi connectivity index (χ1v) is 9.68. The molecule has 29 heavy (non-hydrogen) atoms. The minimum absolute atomic E-state index is 0.165. The van der Waals surface area contributed by atoms with E-state index >= 15 is 0 Å². The molecule has 4 rings (SSSR count). The molecule has 0 aliphatic carbocycles. The Morgan fingerprint density at radius 1 is 1.07 bits per heavy atom. The van der Waals surface area contributed by atoms with Gasteiger partial charge in [0.25, 0.3) is 5.91 Å². The zero-order valence-electron chi connectivity index (χ0n) is 15.3. The lowest BCUT2D eigenvalue weighted by Gasteiger charge is -2.08. The van der Waals surface area contributed by atoms with E-state index in [1.54, 1.807) is 24.4 Å². The number of halogens is 1. The number of fused-ring (bicyclic) bond motifs is 1. The molecule has 0 saturated carbocycles. The third-order valence-electron chi connectivity index (χ3n) is 4.21. The van der Waals surface area contributed by atoms with Gasteiger partial charge in [0.2, 0.25) is 6.79 Å². The van der Waals surface area contributed by atoms with Crippen molar-refractivity contribution in [1.82, 2.24) is 5.43 Å². The van der Waals surface area contributed by atoms with E-state index in [1.165, 1.54) is 0 Å². The fraction of sp³-hybridized carbons (Fsp3) is 0.0909. The second kappa shape index (κ2) is 8.79. The topological polar surface area (TPSA) is 69.2 Å². The molecule has 3 aromatic rings. The molecule has 1 heterocycles. The average Bonchev–Trinajstić information content (AvgIpc) is 3.22. The fourth-order valence-corrected chi connectivity index (χ4v) is 3.23. The molecule has 0 aromatic heterocycles. The van der Waals surface area contributed by atoms with Crippen molar-refractivity contribution in [3.05, 3.63) is 87.9 Å². The molecule has 0 fully saturated rings. The monoisotopic (exact) mass is 452 g/mol. The number of hydrogen-bond donors (Lipinski definition) is 1. The predicted molar refractivity (Wildman–Crippen MR) is 113 cm³/mol. The van der Waals surface area contributed by atoms with Gasteiger partial charge < -0.3 is 14.2 Å². The Kier molecular flexibility index (Phi) is 5.76. The normalized spacial score (nSPS) is 12.2. The molecule has 0 bridgehead atoms. The van der Waals surface area contributed by atoms with Gasteiger partial charge >= 0.3 is 0 Å². The van der Waals surface area contributed by atoms with E-state index in [4.69, 9.17) is 14.2 Å². The van der Waals surface area contributed by atoms with Crippen LogP contribution in [-0.4, -0.2) is 18.9 Å². The number of carbonyl (C=O) groups excluding carboxylic acids is 1. The zero-order chi connectivity index (χ0) is 20.1. The van der Waals surface area contributed by atoms with Crippen LogP contribution in [0.15, 0.2) is 76.3 Å². The lowest BCUT2D eigenvalue weighted by molar-refractivity contribution is 0.0954. The van der Waals surface area contributed by atoms with E-state index < -0.39 is 0 Å². The number of amides is 1. The maximum Gasteiger partial charge on any atom is 0.271 e. The van der Waals surface area contributed by atoms with Gasteiger partial charge in [-0.25, -0.2) is 5.43 Å². The Balaban J connectivity index is 1.34. The fourth-order valence-electron chi connectivity index (χ4n) is 2.72. The van der Waals surface area contributed by atoms with Crippen LogP contribution in [0.25, 0.3) is 0 Å². The molecule has 0 spiro atoms. The highest BCUT2D eigenvalue weighted by Crippen LogP contribution is 2.32. The van der Waals surface area contributed by atoms with Crippen LogP contribution in [0.5, 0.6) is 17.2 Å². The molecule has 1 N–H and O–H groups in total. The number of hydrogen-bond acceptors (Lipinski definition) is 5. The molecule has 1 aliphatic rings. The summed E-state index contributed by atoms with van der Waals surface area (Å²) in [6.45, 7) is 0.650. The van der Waals surface area contributed by atoms with Crippen molar-refractivity contribution in [3.8, 4) is 17.2 Å². The summed E-state index contributed by atoms with van der Waals surface area (Å²) in [4.78, 5) is 12.2. The van der Waals surface area contributed by atoms with Crippen molar-refractivity contribution in [2.75, 3.05) is 6.79 Å². The van der Waals surface area contributed by atoms with Gasteiger partial charge in [0.15, 0.2) is 11.5 Å². The molecule has 7 heteroatoms. The van der Waals surface area contributed by atoms with E-state index in [0.29, 0.717) is 23.7 Å². The summed E-state index contributed by atoms with van der Waals surface area (Å²) in [7, 11) is 0. The van der Waals surface area contributed by atoms with Gasteiger partial charge in [0.1, 0.15) is 12.4 Å². The largest absolute Gasteiger partial charge is 0.488 e. The zero-order valence-corrected chi connectivity index (χ0v) is 16.9. The van der Waals surface area contributed by atoms with Gasteiger partial charge in [-0.3, -0.25) is 4.79 Å². The summed E-state index contributed by atoms with van der Waals surface area (Å²) < 4.78 is 17.2. The maximum absolute atomic E-state index is 12.2. The summed E-state index contributed by atoms with van der Waals surface area (Å²) in [5.41, 5.74) is 4.86. The van der Waals surface area contributed by atoms with Gasteiger partial charge in [-0.15, -0.1) is 0 Å². The van der Waals surface area contributed by atoms with Crippen LogP contribution >= 0.6 is 15.9 Å². The number of nitrogens with zero attached hydrogens (tertiary/aromatic N) is 1. The Hall–Kier alpha value is -3.32. The highest BCUT2D eigenvalue weighted by Gasteiger charge is 2.15. The lowest BCUT2D eigenvalue weighted by Crippen LogP contribution is -2.17. The molecule has 3 aromatic carbocycles. The van der Waals surface area contributed by atoms with Crippen LogP contribution in [0.3, 0.4) is 0 Å². The van der Waals surface area contributed by atoms with E-state index in [9.17, 15) is 4.79 Å². The molecule has 0 saturated heterocycles. The van der Waals surface area contributed by atoms with Crippen molar-refractivity contribution in [2.45, 2.75) is 6.61 Å². The Morgan fingerprint density at radius 2 is 1.90 bits per heavy atom. The number of carbonyl (C=O) groups is 1. The summed E-state index contributed by atoms with van der Waals surface area (Å²) in [6.07, 6.45) is 1.57. The molecule has 146 valence electrons. The Labute approximate surface area is 176 Å². The van der Waals surface area contributed by atoms with E-state index in [-0.39, 0.29) is 12.7 Å². The standard InChI is InChI=1S/C22H17BrN2O4/c23-18-10-16(6-8-19(18)27-13-15-4-2-1-3-5-15)12-24-25-22(26)17-7-9-20-21(11-17)29-14-28-20/h1-12H,13-14H2,(H,25,26)/b24-12-. The van der Waals surface area contributed by atoms with Gasteiger partial charge in [0.05, 0.1) is 10.7 Å². The molecule has 1 aliphatic heterocycles. The highest BCUT2D eigenvalue weighted by molar-refractivity contribution is 9.10. The number of hydrazone groups is 1. The molecule has 0 atom stereocenters. The van der Waals surface area contributed by atoms with E-state index in [2.05, 4.69) is 26.5 Å². The van der Waals surface area contributed by atoms with Gasteiger partial charge in [-0.05, 0) is 63.5 Å². The van der Waals surface area contributed by atoms with E-state index in [1.807, 2.05) is 48.5 Å². The molecule has 6 nitrogen and oxygen atoms in total. The Morgan fingerprint density at radius 3 is 2.72 bits per heavy atom. The number of benzene rings is 3. The predicted octanol–water partition coefficient (Wildman–Crippen LogP) is 4.52. The number of rotatable bonds is 6. The first kappa shape index (κ1) is 19.0. The highest BCUT2D eigenvalue weighted by atomic mass is 79.9. The van der Waals surface area contributed by atoms with Gasteiger partial charge in [-0.1, -0.05) is 30.3 Å². The lowest BCUT2D eigenvalue weighted by atomic mass is 10.2. The Bertz CT molecular complexity index is 1050. The first-order chi connectivity index (χ1) is 14.2. The summed E-state index contributed by atoms with van der Waals surface area (Å²) in [6, 6.07) is 20.5. The van der Waals surface area contributed by atoms with Crippen LogP contribution < -0.4 is 19.6 Å². The van der Waals surface area contributed by atoms with Crippen LogP contribution in [0.4, 0.5) is 0 Å². The summed E-state index contributed by atoms with van der Waals surface area (Å²) in [5.74, 6) is 1.58. The molecule has 0 unspecified atom stereocenters. The number of ether oxygens (including phenoxy) is 3. The van der Waals surface area contributed by atoms with Crippen molar-refractivity contribution >= 4 is 28.1 Å². The third-order valence-corrected chi connectivity index (χ3v) is 4.83. The second-order valence-electron chi connectivity index (χ2n) is 6.23. The quantitative estimate of drug-likeness (QED) is 0.440. The molecule has 0 radical (unpaired) electrons. The van der Waals surface area contributed by atoms with Crippen LogP contribution in [0, 0.1) is 0 Å². The van der Waals surface area contributed by atoms with Crippen molar-refractivity contribution in [2.24, 2.45) is 5.10 Å². The minimum Gasteiger partial charge on any atom is -0.488 e. The molecular weight excluding hydrogens is 436 g/mol. The first-order valence-electron chi connectivity index (χ1n) is 8.88. The smallest absolute Gasteiger partial charge is 0.271 e.